The summed E-state index contributed by atoms with van der Waals surface area (Å²) in [7, 11) is 0. The van der Waals surface area contributed by atoms with Gasteiger partial charge in [0.2, 0.25) is 5.91 Å². The summed E-state index contributed by atoms with van der Waals surface area (Å²) in [4.78, 5) is 23.9. The summed E-state index contributed by atoms with van der Waals surface area (Å²) in [5.41, 5.74) is 6.44. The van der Waals surface area contributed by atoms with E-state index in [2.05, 4.69) is 10.6 Å². The molecule has 0 spiro atoms. The van der Waals surface area contributed by atoms with Crippen molar-refractivity contribution in [2.75, 3.05) is 5.32 Å². The monoisotopic (exact) mass is 415 g/mol. The molecule has 0 aromatic heterocycles. The van der Waals surface area contributed by atoms with Crippen LogP contribution in [0.4, 0.5) is 5.69 Å². The third kappa shape index (κ3) is 5.28. The van der Waals surface area contributed by atoms with E-state index in [0.717, 1.165) is 18.5 Å². The molecule has 2 aromatic rings. The van der Waals surface area contributed by atoms with E-state index in [4.69, 9.17) is 10.5 Å². The van der Waals surface area contributed by atoms with Crippen molar-refractivity contribution in [2.45, 2.75) is 44.2 Å². The summed E-state index contributed by atoms with van der Waals surface area (Å²) < 4.78 is 5.76. The first-order valence-corrected chi connectivity index (χ1v) is 9.79. The molecule has 4 N–H and O–H groups in total. The first kappa shape index (κ1) is 21.1. The lowest BCUT2D eigenvalue weighted by Crippen LogP contribution is -2.39. The number of amides is 2. The minimum absolute atomic E-state index is 0. The van der Waals surface area contributed by atoms with Crippen LogP contribution in [0.15, 0.2) is 48.5 Å². The third-order valence-corrected chi connectivity index (χ3v) is 5.56. The van der Waals surface area contributed by atoms with Gasteiger partial charge in [0.1, 0.15) is 11.5 Å². The van der Waals surface area contributed by atoms with E-state index in [9.17, 15) is 9.59 Å². The maximum absolute atomic E-state index is 12.4. The molecule has 0 saturated carbocycles. The van der Waals surface area contributed by atoms with E-state index in [1.54, 1.807) is 48.5 Å². The van der Waals surface area contributed by atoms with Gasteiger partial charge >= 0.3 is 0 Å². The fraction of sp³-hybridized carbons (Fsp3) is 0.364. The highest BCUT2D eigenvalue weighted by Crippen LogP contribution is 2.33. The van der Waals surface area contributed by atoms with E-state index < -0.39 is 5.91 Å². The number of primary amides is 1. The zero-order valence-electron chi connectivity index (χ0n) is 16.1. The number of hydrogen-bond acceptors (Lipinski definition) is 4. The van der Waals surface area contributed by atoms with Crippen LogP contribution in [0.1, 0.15) is 42.5 Å². The van der Waals surface area contributed by atoms with Gasteiger partial charge in [-0.05, 0) is 68.0 Å². The standard InChI is InChI=1S/C22H25N3O3.ClH/c23-22(27)19-3-1-2-4-20(19)28-18-9-7-15(8-10-18)25-21(26)13-14-11-16-5-6-17(12-14)24-16;/h1-4,7-10,14,16-17,24H,5-6,11-13H2,(H2,23,27)(H,25,26);1H. The molecule has 0 radical (unpaired) electrons. The predicted octanol–water partition coefficient (Wildman–Crippen LogP) is 3.86. The molecule has 2 aliphatic heterocycles. The lowest BCUT2D eigenvalue weighted by atomic mass is 9.89. The van der Waals surface area contributed by atoms with Gasteiger partial charge in [0, 0.05) is 24.2 Å². The first-order valence-electron chi connectivity index (χ1n) is 9.79. The number of nitrogens with two attached hydrogens (primary N) is 1. The molecule has 2 atom stereocenters. The molecule has 2 amide bonds. The second kappa shape index (κ2) is 9.29. The van der Waals surface area contributed by atoms with Crippen molar-refractivity contribution >= 4 is 29.9 Å². The molecule has 29 heavy (non-hydrogen) atoms. The zero-order valence-corrected chi connectivity index (χ0v) is 16.9. The Hall–Kier alpha value is -2.57. The minimum atomic E-state index is -0.536. The van der Waals surface area contributed by atoms with E-state index in [-0.39, 0.29) is 18.3 Å². The van der Waals surface area contributed by atoms with Crippen molar-refractivity contribution in [3.63, 3.8) is 0 Å². The third-order valence-electron chi connectivity index (χ3n) is 5.56. The highest BCUT2D eigenvalue weighted by molar-refractivity contribution is 5.95. The Morgan fingerprint density at radius 3 is 2.34 bits per heavy atom. The molecule has 154 valence electrons. The van der Waals surface area contributed by atoms with Gasteiger partial charge in [-0.2, -0.15) is 0 Å². The Kier molecular flexibility index (Phi) is 6.77. The Bertz CT molecular complexity index is 860. The number of rotatable bonds is 6. The van der Waals surface area contributed by atoms with Crippen LogP contribution in [0.5, 0.6) is 11.5 Å². The number of para-hydroxylation sites is 1. The van der Waals surface area contributed by atoms with Crippen LogP contribution in [0, 0.1) is 5.92 Å². The number of anilines is 1. The molecule has 0 aliphatic carbocycles. The van der Waals surface area contributed by atoms with Gasteiger partial charge in [-0.3, -0.25) is 9.59 Å². The highest BCUT2D eigenvalue weighted by atomic mass is 35.5. The summed E-state index contributed by atoms with van der Waals surface area (Å²) in [6.07, 6.45) is 5.23. The summed E-state index contributed by atoms with van der Waals surface area (Å²) in [5, 5.41) is 6.58. The van der Waals surface area contributed by atoms with Crippen LogP contribution in [-0.2, 0) is 4.79 Å². The summed E-state index contributed by atoms with van der Waals surface area (Å²) in [6.45, 7) is 0. The summed E-state index contributed by atoms with van der Waals surface area (Å²) in [6, 6.07) is 15.1. The Morgan fingerprint density at radius 2 is 1.69 bits per heavy atom. The maximum Gasteiger partial charge on any atom is 0.252 e. The van der Waals surface area contributed by atoms with Gasteiger partial charge in [0.25, 0.3) is 5.91 Å². The van der Waals surface area contributed by atoms with Crippen molar-refractivity contribution in [1.29, 1.82) is 0 Å². The van der Waals surface area contributed by atoms with Gasteiger partial charge in [-0.15, -0.1) is 12.4 Å². The van der Waals surface area contributed by atoms with E-state index in [0.29, 0.717) is 41.5 Å². The summed E-state index contributed by atoms with van der Waals surface area (Å²) >= 11 is 0. The fourth-order valence-corrected chi connectivity index (χ4v) is 4.31. The molecule has 4 rings (SSSR count). The van der Waals surface area contributed by atoms with Crippen molar-refractivity contribution < 1.29 is 14.3 Å². The Balaban J connectivity index is 0.00000240. The average molecular weight is 416 g/mol. The van der Waals surface area contributed by atoms with Crippen molar-refractivity contribution in [3.8, 4) is 11.5 Å². The lowest BCUT2D eigenvalue weighted by Gasteiger charge is -2.28. The molecule has 2 aromatic carbocycles. The SMILES string of the molecule is Cl.NC(=O)c1ccccc1Oc1ccc(NC(=O)CC2CC3CCC(C2)N3)cc1. The van der Waals surface area contributed by atoms with E-state index in [1.165, 1.54) is 12.8 Å². The van der Waals surface area contributed by atoms with Gasteiger partial charge in [-0.25, -0.2) is 0 Å². The van der Waals surface area contributed by atoms with Crippen LogP contribution in [-0.4, -0.2) is 23.9 Å². The van der Waals surface area contributed by atoms with Crippen LogP contribution < -0.4 is 21.1 Å². The molecule has 2 heterocycles. The molecule has 2 unspecified atom stereocenters. The number of nitrogens with one attached hydrogen (secondary N) is 2. The van der Waals surface area contributed by atoms with Gasteiger partial charge in [0.15, 0.2) is 0 Å². The molecule has 2 saturated heterocycles. The smallest absolute Gasteiger partial charge is 0.252 e. The number of fused-ring (bicyclic) bond motifs is 2. The molecular formula is C22H26ClN3O3. The molecular weight excluding hydrogens is 390 g/mol. The number of carbonyl (C=O) groups is 2. The second-order valence-electron chi connectivity index (χ2n) is 7.71. The number of carbonyl (C=O) groups excluding carboxylic acids is 2. The maximum atomic E-state index is 12.4. The zero-order chi connectivity index (χ0) is 19.5. The number of hydrogen-bond donors (Lipinski definition) is 3. The fourth-order valence-electron chi connectivity index (χ4n) is 4.31. The average Bonchev–Trinajstić information content (AvgIpc) is 3.02. The van der Waals surface area contributed by atoms with Crippen LogP contribution in [0.25, 0.3) is 0 Å². The first-order chi connectivity index (χ1) is 13.6. The number of benzene rings is 2. The quantitative estimate of drug-likeness (QED) is 0.667. The largest absolute Gasteiger partial charge is 0.457 e. The van der Waals surface area contributed by atoms with E-state index >= 15 is 0 Å². The number of ether oxygens (including phenoxy) is 1. The number of halogens is 1. The minimum Gasteiger partial charge on any atom is -0.457 e. The molecule has 2 bridgehead atoms. The van der Waals surface area contributed by atoms with E-state index in [1.807, 2.05) is 0 Å². The van der Waals surface area contributed by atoms with Crippen LogP contribution >= 0.6 is 12.4 Å². The van der Waals surface area contributed by atoms with Crippen molar-refractivity contribution in [1.82, 2.24) is 5.32 Å². The number of piperidine rings is 1. The van der Waals surface area contributed by atoms with Crippen molar-refractivity contribution in [2.24, 2.45) is 11.7 Å². The topological polar surface area (TPSA) is 93.5 Å². The predicted molar refractivity (Wildman–Crippen MR) is 115 cm³/mol. The second-order valence-corrected chi connectivity index (χ2v) is 7.71. The highest BCUT2D eigenvalue weighted by Gasteiger charge is 2.34. The Morgan fingerprint density at radius 1 is 1.03 bits per heavy atom. The van der Waals surface area contributed by atoms with Crippen LogP contribution in [0.3, 0.4) is 0 Å². The lowest BCUT2D eigenvalue weighted by molar-refractivity contribution is -0.117. The van der Waals surface area contributed by atoms with Gasteiger partial charge in [-0.1, -0.05) is 12.1 Å². The molecule has 2 fully saturated rings. The van der Waals surface area contributed by atoms with Gasteiger partial charge in [0.05, 0.1) is 5.56 Å². The van der Waals surface area contributed by atoms with Crippen molar-refractivity contribution in [3.05, 3.63) is 54.1 Å². The molecule has 6 nitrogen and oxygen atoms in total. The Labute approximate surface area is 176 Å². The normalized spacial score (nSPS) is 22.4. The van der Waals surface area contributed by atoms with Crippen LogP contribution in [0.2, 0.25) is 0 Å². The molecule has 2 aliphatic rings. The van der Waals surface area contributed by atoms with Gasteiger partial charge < -0.3 is 21.1 Å². The molecule has 7 heteroatoms. The summed E-state index contributed by atoms with van der Waals surface area (Å²) in [5.74, 6) is 0.963.